The SMILES string of the molecule is CC(=O)Nc1ccc(CN2CC(O)CC2c2nc(Cc3ccc(F)cc3Cl)no2)cc1. The number of nitrogens with zero attached hydrogens (tertiary/aromatic N) is 3. The second kappa shape index (κ2) is 9.13. The molecule has 0 bridgehead atoms. The number of carbonyl (C=O) groups excluding carboxylic acids is 1. The van der Waals surface area contributed by atoms with E-state index >= 15 is 0 Å². The highest BCUT2D eigenvalue weighted by Crippen LogP contribution is 2.33. The number of carbonyl (C=O) groups is 1. The molecule has 1 aliphatic rings. The summed E-state index contributed by atoms with van der Waals surface area (Å²) in [6, 6.07) is 11.5. The average molecular weight is 445 g/mol. The zero-order valence-electron chi connectivity index (χ0n) is 16.9. The van der Waals surface area contributed by atoms with Gasteiger partial charge in [0.05, 0.1) is 12.1 Å². The van der Waals surface area contributed by atoms with Crippen molar-refractivity contribution in [1.29, 1.82) is 0 Å². The Labute approximate surface area is 183 Å². The van der Waals surface area contributed by atoms with E-state index in [4.69, 9.17) is 16.1 Å². The van der Waals surface area contributed by atoms with Gasteiger partial charge in [-0.2, -0.15) is 4.98 Å². The highest BCUT2D eigenvalue weighted by molar-refractivity contribution is 6.31. The zero-order valence-corrected chi connectivity index (χ0v) is 17.6. The average Bonchev–Trinajstić information content (AvgIpc) is 3.31. The van der Waals surface area contributed by atoms with Crippen LogP contribution in [0.25, 0.3) is 0 Å². The fraction of sp³-hybridized carbons (Fsp3) is 0.318. The van der Waals surface area contributed by atoms with Gasteiger partial charge in [0.15, 0.2) is 5.82 Å². The van der Waals surface area contributed by atoms with Gasteiger partial charge in [0.2, 0.25) is 11.8 Å². The van der Waals surface area contributed by atoms with Crippen LogP contribution in [0, 0.1) is 5.82 Å². The number of rotatable bonds is 6. The zero-order chi connectivity index (χ0) is 22.0. The van der Waals surface area contributed by atoms with Crippen molar-refractivity contribution in [2.24, 2.45) is 0 Å². The second-order valence-electron chi connectivity index (χ2n) is 7.67. The first-order valence-corrected chi connectivity index (χ1v) is 10.3. The largest absolute Gasteiger partial charge is 0.392 e. The number of hydrogen-bond acceptors (Lipinski definition) is 6. The Morgan fingerprint density at radius 3 is 2.81 bits per heavy atom. The molecule has 1 fully saturated rings. The Balaban J connectivity index is 1.46. The molecule has 0 saturated carbocycles. The predicted octanol–water partition coefficient (Wildman–Crippen LogP) is 3.72. The molecule has 2 unspecified atom stereocenters. The first-order chi connectivity index (χ1) is 14.9. The van der Waals surface area contributed by atoms with Crippen molar-refractivity contribution in [3.8, 4) is 0 Å². The summed E-state index contributed by atoms with van der Waals surface area (Å²) in [5.41, 5.74) is 2.47. The molecule has 31 heavy (non-hydrogen) atoms. The fourth-order valence-electron chi connectivity index (χ4n) is 3.75. The van der Waals surface area contributed by atoms with Crippen LogP contribution in [0.1, 0.15) is 42.2 Å². The molecule has 2 heterocycles. The first kappa shape index (κ1) is 21.4. The van der Waals surface area contributed by atoms with E-state index in [0.717, 1.165) is 11.3 Å². The molecule has 162 valence electrons. The third-order valence-corrected chi connectivity index (χ3v) is 5.53. The van der Waals surface area contributed by atoms with Crippen LogP contribution in [0.15, 0.2) is 47.0 Å². The van der Waals surface area contributed by atoms with Crippen molar-refractivity contribution < 1.29 is 18.8 Å². The molecule has 3 aromatic rings. The predicted molar refractivity (Wildman–Crippen MR) is 113 cm³/mol. The summed E-state index contributed by atoms with van der Waals surface area (Å²) in [7, 11) is 0. The summed E-state index contributed by atoms with van der Waals surface area (Å²) in [4.78, 5) is 17.7. The summed E-state index contributed by atoms with van der Waals surface area (Å²) >= 11 is 6.09. The number of benzene rings is 2. The standard InChI is InChI=1S/C22H22ClFN4O3/c1-13(29)25-17-6-2-14(3-7-17)11-28-12-18(30)10-20(28)22-26-21(27-31-22)8-15-4-5-16(24)9-19(15)23/h2-7,9,18,20,30H,8,10-12H2,1H3,(H,25,29). The molecule has 0 aliphatic carbocycles. The molecule has 7 nitrogen and oxygen atoms in total. The van der Waals surface area contributed by atoms with Crippen LogP contribution >= 0.6 is 11.6 Å². The Morgan fingerprint density at radius 2 is 2.10 bits per heavy atom. The van der Waals surface area contributed by atoms with Gasteiger partial charge in [-0.1, -0.05) is 35.0 Å². The maximum Gasteiger partial charge on any atom is 0.244 e. The third kappa shape index (κ3) is 5.28. The number of likely N-dealkylation sites (tertiary alicyclic amines) is 1. The number of nitrogens with one attached hydrogen (secondary N) is 1. The normalized spacial score (nSPS) is 19.0. The number of aromatic nitrogens is 2. The van der Waals surface area contributed by atoms with Gasteiger partial charge < -0.3 is 14.9 Å². The molecular formula is C22H22ClFN4O3. The lowest BCUT2D eigenvalue weighted by Crippen LogP contribution is -2.24. The van der Waals surface area contributed by atoms with Crippen LogP contribution in [-0.4, -0.2) is 38.7 Å². The van der Waals surface area contributed by atoms with E-state index in [0.29, 0.717) is 48.2 Å². The van der Waals surface area contributed by atoms with Gasteiger partial charge in [0, 0.05) is 37.1 Å². The molecule has 2 atom stereocenters. The minimum Gasteiger partial charge on any atom is -0.392 e. The smallest absolute Gasteiger partial charge is 0.244 e. The minimum absolute atomic E-state index is 0.121. The van der Waals surface area contributed by atoms with Crippen molar-refractivity contribution in [2.75, 3.05) is 11.9 Å². The van der Waals surface area contributed by atoms with Gasteiger partial charge in [-0.25, -0.2) is 4.39 Å². The third-order valence-electron chi connectivity index (χ3n) is 5.17. The number of amides is 1. The summed E-state index contributed by atoms with van der Waals surface area (Å²) in [6.07, 6.45) is 0.316. The molecule has 1 aliphatic heterocycles. The Bertz CT molecular complexity index is 1070. The van der Waals surface area contributed by atoms with Crippen LogP contribution in [0.4, 0.5) is 10.1 Å². The van der Waals surface area contributed by atoms with Crippen molar-refractivity contribution in [2.45, 2.75) is 38.5 Å². The van der Waals surface area contributed by atoms with Crippen LogP contribution in [0.2, 0.25) is 5.02 Å². The van der Waals surface area contributed by atoms with Crippen molar-refractivity contribution in [3.05, 3.63) is 76.1 Å². The monoisotopic (exact) mass is 444 g/mol. The maximum absolute atomic E-state index is 13.2. The number of halogens is 2. The summed E-state index contributed by atoms with van der Waals surface area (Å²) in [6.45, 7) is 2.54. The molecule has 1 saturated heterocycles. The van der Waals surface area contributed by atoms with Gasteiger partial charge in [-0.3, -0.25) is 9.69 Å². The molecule has 2 aromatic carbocycles. The number of anilines is 1. The second-order valence-corrected chi connectivity index (χ2v) is 8.08. The Morgan fingerprint density at radius 1 is 1.32 bits per heavy atom. The van der Waals surface area contributed by atoms with Crippen molar-refractivity contribution >= 4 is 23.2 Å². The van der Waals surface area contributed by atoms with Gasteiger partial charge >= 0.3 is 0 Å². The Kier molecular flexibility index (Phi) is 6.31. The lowest BCUT2D eigenvalue weighted by molar-refractivity contribution is -0.114. The van der Waals surface area contributed by atoms with E-state index in [1.165, 1.54) is 19.1 Å². The number of aliphatic hydroxyl groups is 1. The molecule has 4 rings (SSSR count). The Hall–Kier alpha value is -2.81. The number of hydrogen-bond donors (Lipinski definition) is 2. The van der Waals surface area contributed by atoms with E-state index in [1.807, 2.05) is 24.3 Å². The van der Waals surface area contributed by atoms with E-state index in [2.05, 4.69) is 20.4 Å². The quantitative estimate of drug-likeness (QED) is 0.602. The van der Waals surface area contributed by atoms with Crippen LogP contribution in [0.3, 0.4) is 0 Å². The highest BCUT2D eigenvalue weighted by Gasteiger charge is 2.35. The molecule has 1 amide bonds. The summed E-state index contributed by atoms with van der Waals surface area (Å²) in [5, 5.41) is 17.3. The van der Waals surface area contributed by atoms with Gasteiger partial charge in [-0.15, -0.1) is 0 Å². The minimum atomic E-state index is -0.495. The van der Waals surface area contributed by atoms with E-state index in [1.54, 1.807) is 6.07 Å². The number of aliphatic hydroxyl groups excluding tert-OH is 1. The molecule has 2 N–H and O–H groups in total. The molecular weight excluding hydrogens is 423 g/mol. The summed E-state index contributed by atoms with van der Waals surface area (Å²) < 4.78 is 18.7. The fourth-order valence-corrected chi connectivity index (χ4v) is 3.99. The first-order valence-electron chi connectivity index (χ1n) is 9.92. The van der Waals surface area contributed by atoms with Gasteiger partial charge in [-0.05, 0) is 41.8 Å². The number of β-amino-alcohol motifs (C(OH)–C–C–N with tert-alkyl or cyclic N) is 1. The van der Waals surface area contributed by atoms with Gasteiger partial charge in [0.25, 0.3) is 0 Å². The lowest BCUT2D eigenvalue weighted by atomic mass is 10.1. The highest BCUT2D eigenvalue weighted by atomic mass is 35.5. The van der Waals surface area contributed by atoms with E-state index in [9.17, 15) is 14.3 Å². The lowest BCUT2D eigenvalue weighted by Gasteiger charge is -2.21. The molecule has 1 aromatic heterocycles. The van der Waals surface area contributed by atoms with Crippen molar-refractivity contribution in [3.63, 3.8) is 0 Å². The maximum atomic E-state index is 13.2. The van der Waals surface area contributed by atoms with Gasteiger partial charge in [0.1, 0.15) is 5.82 Å². The summed E-state index contributed by atoms with van der Waals surface area (Å²) in [5.74, 6) is 0.358. The van der Waals surface area contributed by atoms with E-state index in [-0.39, 0.29) is 11.9 Å². The molecule has 0 spiro atoms. The van der Waals surface area contributed by atoms with E-state index < -0.39 is 11.9 Å². The molecule has 0 radical (unpaired) electrons. The van der Waals surface area contributed by atoms with Crippen LogP contribution in [-0.2, 0) is 17.8 Å². The molecule has 9 heteroatoms. The van der Waals surface area contributed by atoms with Crippen LogP contribution in [0.5, 0.6) is 0 Å². The topological polar surface area (TPSA) is 91.5 Å². The van der Waals surface area contributed by atoms with Crippen molar-refractivity contribution in [1.82, 2.24) is 15.0 Å². The van der Waals surface area contributed by atoms with Crippen LogP contribution < -0.4 is 5.32 Å².